The zero-order valence-electron chi connectivity index (χ0n) is 12.4. The average molecular weight is 336 g/mol. The molecule has 1 saturated heterocycles. The molecular weight excluding hydrogens is 316 g/mol. The minimum atomic E-state index is -3.16. The number of aromatic nitrogens is 1. The molecule has 0 radical (unpaired) electrons. The molecule has 3 rings (SSSR count). The summed E-state index contributed by atoms with van der Waals surface area (Å²) >= 11 is 1.67. The number of sulfonamides is 1. The third kappa shape index (κ3) is 3.74. The van der Waals surface area contributed by atoms with Gasteiger partial charge in [0.1, 0.15) is 0 Å². The fourth-order valence-electron chi connectivity index (χ4n) is 2.84. The quantitative estimate of drug-likeness (QED) is 0.843. The second-order valence-electron chi connectivity index (χ2n) is 5.60. The van der Waals surface area contributed by atoms with E-state index in [1.165, 1.54) is 0 Å². The van der Waals surface area contributed by atoms with Crippen LogP contribution in [0.1, 0.15) is 29.3 Å². The van der Waals surface area contributed by atoms with Crippen LogP contribution in [0, 0.1) is 0 Å². The Labute approximate surface area is 135 Å². The molecule has 2 aromatic rings. The lowest BCUT2D eigenvalue weighted by molar-refractivity contribution is 0.319. The maximum atomic E-state index is 12.5. The predicted octanol–water partition coefficient (Wildman–Crippen LogP) is 2.90. The Kier molecular flexibility index (Phi) is 4.90. The Morgan fingerprint density at radius 2 is 1.91 bits per heavy atom. The van der Waals surface area contributed by atoms with Crippen LogP contribution in [0.15, 0.2) is 41.9 Å². The minimum Gasteiger partial charge on any atom is -0.249 e. The maximum absolute atomic E-state index is 12.5. The monoisotopic (exact) mass is 336 g/mol. The van der Waals surface area contributed by atoms with E-state index in [0.717, 1.165) is 23.4 Å². The molecule has 0 bridgehead atoms. The molecule has 0 amide bonds. The van der Waals surface area contributed by atoms with Gasteiger partial charge >= 0.3 is 0 Å². The van der Waals surface area contributed by atoms with Crippen molar-refractivity contribution in [2.45, 2.75) is 25.2 Å². The summed E-state index contributed by atoms with van der Waals surface area (Å²) in [6, 6.07) is 9.79. The van der Waals surface area contributed by atoms with Gasteiger partial charge in [-0.3, -0.25) is 0 Å². The smallest absolute Gasteiger partial charge is 0.214 e. The number of piperidine rings is 1. The second kappa shape index (κ2) is 6.89. The molecule has 2 heterocycles. The molecule has 0 saturated carbocycles. The number of aryl methyl sites for hydroxylation is 1. The highest BCUT2D eigenvalue weighted by Crippen LogP contribution is 2.30. The molecule has 0 N–H and O–H groups in total. The van der Waals surface area contributed by atoms with Crippen molar-refractivity contribution in [1.82, 2.24) is 9.29 Å². The first kappa shape index (κ1) is 15.6. The van der Waals surface area contributed by atoms with E-state index in [4.69, 9.17) is 0 Å². The minimum absolute atomic E-state index is 0.193. The summed E-state index contributed by atoms with van der Waals surface area (Å²) in [6.45, 7) is 1.22. The zero-order chi connectivity index (χ0) is 15.4. The zero-order valence-corrected chi connectivity index (χ0v) is 14.0. The van der Waals surface area contributed by atoms with E-state index in [-0.39, 0.29) is 5.75 Å². The van der Waals surface area contributed by atoms with Gasteiger partial charge in [0.25, 0.3) is 0 Å². The molecule has 0 aliphatic carbocycles. The van der Waals surface area contributed by atoms with Gasteiger partial charge < -0.3 is 0 Å². The van der Waals surface area contributed by atoms with Crippen LogP contribution in [-0.4, -0.2) is 36.5 Å². The standard InChI is InChI=1S/C16H20N2O2S2/c19-22(20,13-8-14-4-2-1-3-5-14)18-10-6-15(7-11-18)16-17-9-12-21-16/h1-5,9,12,15H,6-8,10-11,13H2. The number of thiazole rings is 1. The van der Waals surface area contributed by atoms with Crippen LogP contribution in [0.5, 0.6) is 0 Å². The maximum Gasteiger partial charge on any atom is 0.214 e. The van der Waals surface area contributed by atoms with Crippen molar-refractivity contribution in [3.8, 4) is 0 Å². The molecule has 1 fully saturated rings. The third-order valence-electron chi connectivity index (χ3n) is 4.14. The van der Waals surface area contributed by atoms with Gasteiger partial charge in [0.05, 0.1) is 10.8 Å². The van der Waals surface area contributed by atoms with E-state index in [2.05, 4.69) is 4.98 Å². The van der Waals surface area contributed by atoms with E-state index in [1.807, 2.05) is 41.9 Å². The van der Waals surface area contributed by atoms with E-state index >= 15 is 0 Å². The van der Waals surface area contributed by atoms with Gasteiger partial charge in [0.2, 0.25) is 10.0 Å². The first-order valence-electron chi connectivity index (χ1n) is 7.56. The van der Waals surface area contributed by atoms with Crippen molar-refractivity contribution in [3.63, 3.8) is 0 Å². The van der Waals surface area contributed by atoms with Gasteiger partial charge in [-0.05, 0) is 24.8 Å². The summed E-state index contributed by atoms with van der Waals surface area (Å²) in [5, 5.41) is 3.12. The van der Waals surface area contributed by atoms with Gasteiger partial charge in [0.15, 0.2) is 0 Å². The summed E-state index contributed by atoms with van der Waals surface area (Å²) in [6.07, 6.45) is 4.15. The SMILES string of the molecule is O=S(=O)(CCc1ccccc1)N1CCC(c2nccs2)CC1. The molecule has 118 valence electrons. The molecule has 1 aliphatic heterocycles. The van der Waals surface area contributed by atoms with E-state index < -0.39 is 10.0 Å². The molecule has 0 spiro atoms. The molecule has 1 aromatic carbocycles. The van der Waals surface area contributed by atoms with Gasteiger partial charge in [-0.15, -0.1) is 11.3 Å². The number of benzene rings is 1. The van der Waals surface area contributed by atoms with E-state index in [9.17, 15) is 8.42 Å². The van der Waals surface area contributed by atoms with Gasteiger partial charge in [-0.25, -0.2) is 17.7 Å². The van der Waals surface area contributed by atoms with Crippen molar-refractivity contribution in [2.24, 2.45) is 0 Å². The van der Waals surface area contributed by atoms with Crippen LogP contribution >= 0.6 is 11.3 Å². The van der Waals surface area contributed by atoms with Crippen LogP contribution in [-0.2, 0) is 16.4 Å². The van der Waals surface area contributed by atoms with Crippen LogP contribution < -0.4 is 0 Å². The fraction of sp³-hybridized carbons (Fsp3) is 0.438. The Balaban J connectivity index is 1.55. The van der Waals surface area contributed by atoms with Crippen molar-refractivity contribution in [2.75, 3.05) is 18.8 Å². The summed E-state index contributed by atoms with van der Waals surface area (Å²) in [4.78, 5) is 4.35. The van der Waals surface area contributed by atoms with Crippen molar-refractivity contribution >= 4 is 21.4 Å². The van der Waals surface area contributed by atoms with Gasteiger partial charge in [-0.2, -0.15) is 0 Å². The lowest BCUT2D eigenvalue weighted by Gasteiger charge is -2.30. The van der Waals surface area contributed by atoms with Crippen molar-refractivity contribution < 1.29 is 8.42 Å². The van der Waals surface area contributed by atoms with Crippen LogP contribution in [0.4, 0.5) is 0 Å². The highest BCUT2D eigenvalue weighted by Gasteiger charge is 2.29. The summed E-state index contributed by atoms with van der Waals surface area (Å²) in [5.41, 5.74) is 1.07. The summed E-state index contributed by atoms with van der Waals surface area (Å²) in [5.74, 6) is 0.611. The fourth-order valence-corrected chi connectivity index (χ4v) is 5.17. The molecule has 4 nitrogen and oxygen atoms in total. The third-order valence-corrected chi connectivity index (χ3v) is 6.95. The Morgan fingerprint density at radius 1 is 1.18 bits per heavy atom. The van der Waals surface area contributed by atoms with Crippen molar-refractivity contribution in [1.29, 1.82) is 0 Å². The highest BCUT2D eigenvalue weighted by atomic mass is 32.2. The van der Waals surface area contributed by atoms with E-state index in [0.29, 0.717) is 25.4 Å². The molecule has 0 unspecified atom stereocenters. The Bertz CT molecular complexity index is 676. The topological polar surface area (TPSA) is 50.3 Å². The average Bonchev–Trinajstić information content (AvgIpc) is 3.09. The van der Waals surface area contributed by atoms with Crippen LogP contribution in [0.2, 0.25) is 0 Å². The summed E-state index contributed by atoms with van der Waals surface area (Å²) in [7, 11) is -3.16. The first-order chi connectivity index (χ1) is 10.6. The first-order valence-corrected chi connectivity index (χ1v) is 10.1. The number of nitrogens with zero attached hydrogens (tertiary/aromatic N) is 2. The van der Waals surface area contributed by atoms with Crippen LogP contribution in [0.25, 0.3) is 0 Å². The molecule has 22 heavy (non-hydrogen) atoms. The van der Waals surface area contributed by atoms with E-state index in [1.54, 1.807) is 15.6 Å². The normalized spacial score (nSPS) is 17.6. The highest BCUT2D eigenvalue weighted by molar-refractivity contribution is 7.89. The van der Waals surface area contributed by atoms with Gasteiger partial charge in [-0.1, -0.05) is 30.3 Å². The molecule has 1 aromatic heterocycles. The van der Waals surface area contributed by atoms with Crippen LogP contribution in [0.3, 0.4) is 0 Å². The lowest BCUT2D eigenvalue weighted by atomic mass is 9.99. The largest absolute Gasteiger partial charge is 0.249 e. The predicted molar refractivity (Wildman–Crippen MR) is 89.6 cm³/mol. The van der Waals surface area contributed by atoms with Gasteiger partial charge in [0, 0.05) is 30.6 Å². The number of hydrogen-bond donors (Lipinski definition) is 0. The molecular formula is C16H20N2O2S2. The Hall–Kier alpha value is -1.24. The second-order valence-corrected chi connectivity index (χ2v) is 8.61. The number of hydrogen-bond acceptors (Lipinski definition) is 4. The number of rotatable bonds is 5. The molecule has 6 heteroatoms. The summed E-state index contributed by atoms with van der Waals surface area (Å²) < 4.78 is 26.6. The van der Waals surface area contributed by atoms with Crippen molar-refractivity contribution in [3.05, 3.63) is 52.5 Å². The lowest BCUT2D eigenvalue weighted by Crippen LogP contribution is -2.39. The molecule has 1 aliphatic rings. The Morgan fingerprint density at radius 3 is 2.55 bits per heavy atom. The molecule has 0 atom stereocenters.